The Morgan fingerprint density at radius 2 is 1.90 bits per heavy atom. The fourth-order valence-corrected chi connectivity index (χ4v) is 2.42. The van der Waals surface area contributed by atoms with Crippen molar-refractivity contribution in [2.75, 3.05) is 5.32 Å². The van der Waals surface area contributed by atoms with Crippen molar-refractivity contribution in [1.29, 1.82) is 0 Å². The topological polar surface area (TPSA) is 41.9 Å². The number of rotatable bonds is 3. The summed E-state index contributed by atoms with van der Waals surface area (Å²) < 4.78 is 1.82. The zero-order valence-corrected chi connectivity index (χ0v) is 13.1. The van der Waals surface area contributed by atoms with Gasteiger partial charge in [-0.15, -0.1) is 0 Å². The monoisotopic (exact) mass is 288 g/mol. The van der Waals surface area contributed by atoms with Gasteiger partial charge in [-0.2, -0.15) is 5.10 Å². The number of aromatic nitrogens is 2. The lowest BCUT2D eigenvalue weighted by Crippen LogP contribution is -2.31. The molecule has 2 aromatic rings. The van der Waals surface area contributed by atoms with Gasteiger partial charge in [0.2, 0.25) is 0 Å². The van der Waals surface area contributed by atoms with Gasteiger partial charge in [0.25, 0.3) is 0 Å². The second-order valence-corrected chi connectivity index (χ2v) is 5.44. The molecule has 2 N–H and O–H groups in total. The molecule has 1 aromatic heterocycles. The molecule has 0 aliphatic heterocycles. The van der Waals surface area contributed by atoms with Gasteiger partial charge in [-0.3, -0.25) is 4.68 Å². The fraction of sp³-hybridized carbons (Fsp3) is 0.333. The van der Waals surface area contributed by atoms with Gasteiger partial charge in [0, 0.05) is 24.5 Å². The third-order valence-corrected chi connectivity index (χ3v) is 3.39. The minimum Gasteiger partial charge on any atom is -0.356 e. The van der Waals surface area contributed by atoms with E-state index in [0.29, 0.717) is 5.11 Å². The third kappa shape index (κ3) is 3.57. The number of nitrogens with zero attached hydrogens (tertiary/aromatic N) is 2. The molecule has 0 aliphatic carbocycles. The summed E-state index contributed by atoms with van der Waals surface area (Å²) in [6.07, 6.45) is 2.02. The Labute approximate surface area is 125 Å². The zero-order chi connectivity index (χ0) is 14.7. The van der Waals surface area contributed by atoms with Crippen molar-refractivity contribution in [3.8, 4) is 0 Å². The Morgan fingerprint density at radius 3 is 2.45 bits per heavy atom. The van der Waals surface area contributed by atoms with E-state index >= 15 is 0 Å². The summed E-state index contributed by atoms with van der Waals surface area (Å²) in [5, 5.41) is 11.4. The van der Waals surface area contributed by atoms with Crippen LogP contribution in [-0.4, -0.2) is 14.9 Å². The van der Waals surface area contributed by atoms with Gasteiger partial charge in [-0.25, -0.2) is 0 Å². The van der Waals surface area contributed by atoms with E-state index < -0.39 is 0 Å². The SMILES string of the molecule is Cc1ccc(NC(=S)N[C@@H](C)c2cn(C)nc2C)cc1. The Hall–Kier alpha value is -1.88. The molecule has 0 bridgehead atoms. The molecule has 0 unspecified atom stereocenters. The first-order valence-electron chi connectivity index (χ1n) is 6.60. The van der Waals surface area contributed by atoms with E-state index in [1.807, 2.05) is 37.0 Å². The summed E-state index contributed by atoms with van der Waals surface area (Å²) in [6.45, 7) is 6.14. The summed E-state index contributed by atoms with van der Waals surface area (Å²) in [4.78, 5) is 0. The predicted octanol–water partition coefficient (Wildman–Crippen LogP) is 3.08. The van der Waals surface area contributed by atoms with E-state index in [2.05, 4.69) is 41.7 Å². The maximum Gasteiger partial charge on any atom is 0.171 e. The fourth-order valence-electron chi connectivity index (χ4n) is 2.12. The summed E-state index contributed by atoms with van der Waals surface area (Å²) >= 11 is 5.35. The first-order chi connectivity index (χ1) is 9.45. The van der Waals surface area contributed by atoms with Gasteiger partial charge in [-0.05, 0) is 45.1 Å². The van der Waals surface area contributed by atoms with E-state index in [1.165, 1.54) is 5.56 Å². The molecular formula is C15H20N4S. The molecule has 0 spiro atoms. The van der Waals surface area contributed by atoms with Crippen LogP contribution < -0.4 is 10.6 Å². The summed E-state index contributed by atoms with van der Waals surface area (Å²) in [6, 6.07) is 8.26. The normalized spacial score (nSPS) is 12.0. The number of hydrogen-bond donors (Lipinski definition) is 2. The van der Waals surface area contributed by atoms with Gasteiger partial charge in [0.15, 0.2) is 5.11 Å². The van der Waals surface area contributed by atoms with Crippen LogP contribution in [0.4, 0.5) is 5.69 Å². The Balaban J connectivity index is 1.97. The molecule has 1 aromatic carbocycles. The maximum atomic E-state index is 5.35. The van der Waals surface area contributed by atoms with Crippen LogP contribution in [0.25, 0.3) is 0 Å². The van der Waals surface area contributed by atoms with Gasteiger partial charge in [0.05, 0.1) is 11.7 Å². The third-order valence-electron chi connectivity index (χ3n) is 3.17. The largest absolute Gasteiger partial charge is 0.356 e. The lowest BCUT2D eigenvalue weighted by Gasteiger charge is -2.16. The Bertz CT molecular complexity index is 601. The Morgan fingerprint density at radius 1 is 1.25 bits per heavy atom. The molecule has 2 rings (SSSR count). The molecule has 0 amide bonds. The smallest absolute Gasteiger partial charge is 0.171 e. The van der Waals surface area contributed by atoms with Crippen LogP contribution in [0.3, 0.4) is 0 Å². The first kappa shape index (κ1) is 14.5. The number of thiocarbonyl (C=S) groups is 1. The average Bonchev–Trinajstić information content (AvgIpc) is 2.71. The second kappa shape index (κ2) is 6.05. The van der Waals surface area contributed by atoms with Crippen molar-refractivity contribution in [1.82, 2.24) is 15.1 Å². The van der Waals surface area contributed by atoms with Crippen molar-refractivity contribution >= 4 is 23.0 Å². The standard InChI is InChI=1S/C15H20N4S/c1-10-5-7-13(8-6-10)17-15(20)16-11(2)14-9-19(4)18-12(14)3/h5-9,11H,1-4H3,(H2,16,17,20)/t11-/m0/s1. The summed E-state index contributed by atoms with van der Waals surface area (Å²) in [7, 11) is 1.92. The minimum atomic E-state index is 0.120. The van der Waals surface area contributed by atoms with Crippen LogP contribution in [0.1, 0.15) is 29.8 Å². The molecule has 1 heterocycles. The van der Waals surface area contributed by atoms with E-state index in [9.17, 15) is 0 Å². The van der Waals surface area contributed by atoms with Crippen LogP contribution in [0.2, 0.25) is 0 Å². The lowest BCUT2D eigenvalue weighted by atomic mass is 10.1. The van der Waals surface area contributed by atoms with Crippen molar-refractivity contribution in [3.63, 3.8) is 0 Å². The Kier molecular flexibility index (Phi) is 4.39. The molecule has 5 heteroatoms. The van der Waals surface area contributed by atoms with E-state index in [-0.39, 0.29) is 6.04 Å². The summed E-state index contributed by atoms with van der Waals surface area (Å²) in [5.74, 6) is 0. The average molecular weight is 288 g/mol. The van der Waals surface area contributed by atoms with Gasteiger partial charge in [0.1, 0.15) is 0 Å². The van der Waals surface area contributed by atoms with E-state index in [1.54, 1.807) is 0 Å². The highest BCUT2D eigenvalue weighted by Gasteiger charge is 2.12. The van der Waals surface area contributed by atoms with Crippen LogP contribution in [-0.2, 0) is 7.05 Å². The molecule has 20 heavy (non-hydrogen) atoms. The number of hydrogen-bond acceptors (Lipinski definition) is 2. The maximum absolute atomic E-state index is 5.35. The van der Waals surface area contributed by atoms with Gasteiger partial charge >= 0.3 is 0 Å². The molecular weight excluding hydrogens is 268 g/mol. The van der Waals surface area contributed by atoms with Crippen molar-refractivity contribution < 1.29 is 0 Å². The van der Waals surface area contributed by atoms with Crippen LogP contribution in [0.5, 0.6) is 0 Å². The molecule has 0 radical (unpaired) electrons. The van der Waals surface area contributed by atoms with Crippen molar-refractivity contribution in [2.45, 2.75) is 26.8 Å². The number of aryl methyl sites for hydroxylation is 3. The highest BCUT2D eigenvalue weighted by Crippen LogP contribution is 2.16. The predicted molar refractivity (Wildman–Crippen MR) is 86.9 cm³/mol. The van der Waals surface area contributed by atoms with Gasteiger partial charge in [-0.1, -0.05) is 17.7 Å². The molecule has 1 atom stereocenters. The van der Waals surface area contributed by atoms with Gasteiger partial charge < -0.3 is 10.6 Å². The molecule has 0 saturated carbocycles. The molecule has 0 aliphatic rings. The highest BCUT2D eigenvalue weighted by atomic mass is 32.1. The van der Waals surface area contributed by atoms with E-state index in [0.717, 1.165) is 16.9 Å². The van der Waals surface area contributed by atoms with Crippen LogP contribution in [0, 0.1) is 13.8 Å². The quantitative estimate of drug-likeness (QED) is 0.852. The number of benzene rings is 1. The number of anilines is 1. The zero-order valence-electron chi connectivity index (χ0n) is 12.3. The molecule has 0 fully saturated rings. The second-order valence-electron chi connectivity index (χ2n) is 5.03. The van der Waals surface area contributed by atoms with Crippen LogP contribution >= 0.6 is 12.2 Å². The van der Waals surface area contributed by atoms with Crippen molar-refractivity contribution in [2.24, 2.45) is 7.05 Å². The first-order valence-corrected chi connectivity index (χ1v) is 7.01. The minimum absolute atomic E-state index is 0.120. The van der Waals surface area contributed by atoms with Crippen LogP contribution in [0.15, 0.2) is 30.5 Å². The molecule has 0 saturated heterocycles. The number of nitrogens with one attached hydrogen (secondary N) is 2. The summed E-state index contributed by atoms with van der Waals surface area (Å²) in [5.41, 5.74) is 4.39. The highest BCUT2D eigenvalue weighted by molar-refractivity contribution is 7.80. The molecule has 4 nitrogen and oxygen atoms in total. The lowest BCUT2D eigenvalue weighted by molar-refractivity contribution is 0.715. The van der Waals surface area contributed by atoms with E-state index in [4.69, 9.17) is 12.2 Å². The molecule has 106 valence electrons. The van der Waals surface area contributed by atoms with Crippen molar-refractivity contribution in [3.05, 3.63) is 47.3 Å².